The minimum absolute atomic E-state index is 0.0924. The molecule has 0 aliphatic carbocycles. The van der Waals surface area contributed by atoms with E-state index in [1.165, 1.54) is 5.01 Å². The van der Waals surface area contributed by atoms with Gasteiger partial charge in [0.25, 0.3) is 5.91 Å². The average Bonchev–Trinajstić information content (AvgIpc) is 2.89. The highest BCUT2D eigenvalue weighted by molar-refractivity contribution is 7.98. The number of phenolic OH excluding ortho intramolecular Hbond substituents is 1. The van der Waals surface area contributed by atoms with E-state index in [0.29, 0.717) is 11.3 Å². The number of hydrazone groups is 1. The van der Waals surface area contributed by atoms with Crippen LogP contribution in [0.1, 0.15) is 12.0 Å². The number of para-hydroxylation sites is 1. The second-order valence-electron chi connectivity index (χ2n) is 4.64. The van der Waals surface area contributed by atoms with Gasteiger partial charge in [-0.15, -0.1) is 11.8 Å². The van der Waals surface area contributed by atoms with Gasteiger partial charge in [0.15, 0.2) is 0 Å². The zero-order valence-electron chi connectivity index (χ0n) is 11.5. The van der Waals surface area contributed by atoms with Crippen LogP contribution in [0.5, 0.6) is 5.75 Å². The molecule has 0 aromatic heterocycles. The fraction of sp³-hybridized carbons (Fsp3) is 0.125. The predicted octanol–water partition coefficient (Wildman–Crippen LogP) is 3.26. The van der Waals surface area contributed by atoms with Crippen LogP contribution >= 0.6 is 11.8 Å². The summed E-state index contributed by atoms with van der Waals surface area (Å²) in [6.45, 7) is 0. The van der Waals surface area contributed by atoms with E-state index in [9.17, 15) is 9.90 Å². The van der Waals surface area contributed by atoms with Gasteiger partial charge in [0.2, 0.25) is 0 Å². The number of hydrogen-bond acceptors (Lipinski definition) is 4. The van der Waals surface area contributed by atoms with Crippen molar-refractivity contribution in [1.29, 1.82) is 0 Å². The number of nitrogens with zero attached hydrogens (tertiary/aromatic N) is 2. The zero-order chi connectivity index (χ0) is 14.8. The first-order chi connectivity index (χ1) is 10.2. The molecule has 2 aromatic carbocycles. The summed E-state index contributed by atoms with van der Waals surface area (Å²) in [4.78, 5) is 13.3. The predicted molar refractivity (Wildman–Crippen MR) is 85.0 cm³/mol. The summed E-state index contributed by atoms with van der Waals surface area (Å²) in [6.07, 6.45) is 2.20. The van der Waals surface area contributed by atoms with Gasteiger partial charge in [0, 0.05) is 10.5 Å². The molecule has 21 heavy (non-hydrogen) atoms. The van der Waals surface area contributed by atoms with E-state index in [1.807, 2.05) is 36.6 Å². The topological polar surface area (TPSA) is 52.9 Å². The third-order valence-electron chi connectivity index (χ3n) is 3.31. The molecule has 1 aliphatic heterocycles. The fourth-order valence-electron chi connectivity index (χ4n) is 2.22. The molecule has 1 N–H and O–H groups in total. The van der Waals surface area contributed by atoms with Crippen LogP contribution in [0.2, 0.25) is 0 Å². The van der Waals surface area contributed by atoms with Gasteiger partial charge in [-0.2, -0.15) is 5.10 Å². The maximum atomic E-state index is 12.1. The minimum Gasteiger partial charge on any atom is -0.507 e. The molecule has 0 saturated carbocycles. The van der Waals surface area contributed by atoms with Crippen molar-refractivity contribution in [3.63, 3.8) is 0 Å². The Balaban J connectivity index is 1.93. The van der Waals surface area contributed by atoms with Crippen LogP contribution in [0.25, 0.3) is 0 Å². The molecule has 0 radical (unpaired) electrons. The van der Waals surface area contributed by atoms with Crippen molar-refractivity contribution in [2.45, 2.75) is 11.3 Å². The first-order valence-electron chi connectivity index (χ1n) is 6.52. The van der Waals surface area contributed by atoms with Gasteiger partial charge in [-0.05, 0) is 42.7 Å². The second-order valence-corrected chi connectivity index (χ2v) is 5.52. The van der Waals surface area contributed by atoms with Gasteiger partial charge in [0.05, 0.1) is 17.8 Å². The molecule has 0 bridgehead atoms. The number of amides is 1. The molecule has 5 heteroatoms. The Morgan fingerprint density at radius 3 is 2.52 bits per heavy atom. The fourth-order valence-corrected chi connectivity index (χ4v) is 2.63. The first kappa shape index (κ1) is 13.7. The maximum absolute atomic E-state index is 12.1. The van der Waals surface area contributed by atoms with E-state index < -0.39 is 0 Å². The molecule has 2 aromatic rings. The number of aromatic hydroxyl groups is 1. The lowest BCUT2D eigenvalue weighted by molar-refractivity contribution is -0.116. The Morgan fingerprint density at radius 1 is 1.14 bits per heavy atom. The zero-order valence-corrected chi connectivity index (χ0v) is 12.3. The maximum Gasteiger partial charge on any atom is 0.253 e. The number of carbonyl (C=O) groups is 1. The molecule has 0 atom stereocenters. The van der Waals surface area contributed by atoms with Crippen LogP contribution in [-0.4, -0.2) is 23.0 Å². The van der Waals surface area contributed by atoms with Gasteiger partial charge in [-0.1, -0.05) is 12.1 Å². The summed E-state index contributed by atoms with van der Waals surface area (Å²) < 4.78 is 0. The Morgan fingerprint density at radius 2 is 1.86 bits per heavy atom. The van der Waals surface area contributed by atoms with E-state index in [4.69, 9.17) is 0 Å². The standard InChI is InChI=1S/C16H14N2O2S/c1-21-12-8-6-11(7-9-12)18-16(20)10-14(17-18)13-4-2-3-5-15(13)19/h2-9,19H,10H2,1H3. The van der Waals surface area contributed by atoms with Crippen LogP contribution in [0.15, 0.2) is 58.5 Å². The molecule has 0 saturated heterocycles. The number of rotatable bonds is 3. The summed E-state index contributed by atoms with van der Waals surface area (Å²) in [7, 11) is 0. The molecule has 3 rings (SSSR count). The molecule has 0 unspecified atom stereocenters. The summed E-state index contributed by atoms with van der Waals surface area (Å²) in [6, 6.07) is 14.6. The van der Waals surface area contributed by atoms with E-state index in [2.05, 4.69) is 5.10 Å². The third kappa shape index (κ3) is 2.64. The number of phenols is 1. The van der Waals surface area contributed by atoms with E-state index in [-0.39, 0.29) is 18.1 Å². The summed E-state index contributed by atoms with van der Waals surface area (Å²) in [5.41, 5.74) is 1.93. The lowest BCUT2D eigenvalue weighted by Gasteiger charge is -2.11. The third-order valence-corrected chi connectivity index (χ3v) is 4.05. The van der Waals surface area contributed by atoms with Crippen molar-refractivity contribution in [2.24, 2.45) is 5.10 Å². The monoisotopic (exact) mass is 298 g/mol. The molecule has 1 amide bonds. The molecule has 0 fully saturated rings. The molecule has 1 aliphatic rings. The van der Waals surface area contributed by atoms with Crippen molar-refractivity contribution in [3.8, 4) is 5.75 Å². The first-order valence-corrected chi connectivity index (χ1v) is 7.74. The van der Waals surface area contributed by atoms with Crippen molar-refractivity contribution >= 4 is 29.1 Å². The SMILES string of the molecule is CSc1ccc(N2N=C(c3ccccc3O)CC2=O)cc1. The lowest BCUT2D eigenvalue weighted by atomic mass is 10.1. The number of hydrogen-bond donors (Lipinski definition) is 1. The molecular weight excluding hydrogens is 284 g/mol. The quantitative estimate of drug-likeness (QED) is 0.885. The van der Waals surface area contributed by atoms with Crippen molar-refractivity contribution in [3.05, 3.63) is 54.1 Å². The van der Waals surface area contributed by atoms with E-state index in [0.717, 1.165) is 10.6 Å². The van der Waals surface area contributed by atoms with Gasteiger partial charge < -0.3 is 5.11 Å². The number of thioether (sulfide) groups is 1. The molecule has 0 spiro atoms. The van der Waals surface area contributed by atoms with Crippen molar-refractivity contribution in [2.75, 3.05) is 11.3 Å². The summed E-state index contributed by atoms with van der Waals surface area (Å²) in [5, 5.41) is 15.6. The normalized spacial score (nSPS) is 14.4. The van der Waals surface area contributed by atoms with Crippen molar-refractivity contribution < 1.29 is 9.90 Å². The van der Waals surface area contributed by atoms with E-state index >= 15 is 0 Å². The second kappa shape index (κ2) is 5.61. The Kier molecular flexibility index (Phi) is 3.66. The Labute approximate surface area is 127 Å². The largest absolute Gasteiger partial charge is 0.507 e. The molecule has 1 heterocycles. The molecular formula is C16H14N2O2S. The van der Waals surface area contributed by atoms with Crippen LogP contribution in [0, 0.1) is 0 Å². The van der Waals surface area contributed by atoms with Crippen LogP contribution in [0.3, 0.4) is 0 Å². The highest BCUT2D eigenvalue weighted by atomic mass is 32.2. The number of anilines is 1. The summed E-state index contributed by atoms with van der Waals surface area (Å²) in [5.74, 6) is 0.0498. The Hall–Kier alpha value is -2.27. The average molecular weight is 298 g/mol. The smallest absolute Gasteiger partial charge is 0.253 e. The lowest BCUT2D eigenvalue weighted by Crippen LogP contribution is -2.19. The van der Waals surface area contributed by atoms with Crippen molar-refractivity contribution in [1.82, 2.24) is 0 Å². The molecule has 4 nitrogen and oxygen atoms in total. The highest BCUT2D eigenvalue weighted by Crippen LogP contribution is 2.27. The summed E-state index contributed by atoms with van der Waals surface area (Å²) >= 11 is 1.65. The van der Waals surface area contributed by atoms with Crippen LogP contribution in [0.4, 0.5) is 5.69 Å². The van der Waals surface area contributed by atoms with E-state index in [1.54, 1.807) is 30.0 Å². The Bertz CT molecular complexity index is 710. The van der Waals surface area contributed by atoms with Gasteiger partial charge in [-0.3, -0.25) is 4.79 Å². The van der Waals surface area contributed by atoms with Gasteiger partial charge >= 0.3 is 0 Å². The van der Waals surface area contributed by atoms with Crippen LogP contribution in [-0.2, 0) is 4.79 Å². The van der Waals surface area contributed by atoms with Gasteiger partial charge in [0.1, 0.15) is 5.75 Å². The minimum atomic E-state index is -0.0924. The molecule has 106 valence electrons. The van der Waals surface area contributed by atoms with Crippen LogP contribution < -0.4 is 5.01 Å². The number of carbonyl (C=O) groups excluding carboxylic acids is 1. The van der Waals surface area contributed by atoms with Gasteiger partial charge in [-0.25, -0.2) is 5.01 Å². The highest BCUT2D eigenvalue weighted by Gasteiger charge is 2.27. The number of benzene rings is 2.